The van der Waals surface area contributed by atoms with E-state index >= 15 is 0 Å². The van der Waals surface area contributed by atoms with Crippen molar-refractivity contribution in [1.82, 2.24) is 20.0 Å². The van der Waals surface area contributed by atoms with Crippen molar-refractivity contribution in [2.24, 2.45) is 5.73 Å². The number of rotatable bonds is 5. The number of anilines is 1. The van der Waals surface area contributed by atoms with Gasteiger partial charge in [0.15, 0.2) is 17.3 Å². The first-order valence-corrected chi connectivity index (χ1v) is 10.8. The first-order valence-electron chi connectivity index (χ1n) is 10.8. The minimum Gasteiger partial charge on any atom is -0.454 e. The maximum Gasteiger partial charge on any atom is 0.269 e. The predicted molar refractivity (Wildman–Crippen MR) is 119 cm³/mol. The number of para-hydroxylation sites is 1. The lowest BCUT2D eigenvalue weighted by Crippen LogP contribution is -2.46. The van der Waals surface area contributed by atoms with Crippen molar-refractivity contribution >= 4 is 11.6 Å². The van der Waals surface area contributed by atoms with Crippen LogP contribution in [0, 0.1) is 5.82 Å². The van der Waals surface area contributed by atoms with E-state index < -0.39 is 11.7 Å². The van der Waals surface area contributed by atoms with Gasteiger partial charge in [-0.2, -0.15) is 5.10 Å². The summed E-state index contributed by atoms with van der Waals surface area (Å²) < 4.78 is 21.1. The molecule has 0 aliphatic carbocycles. The van der Waals surface area contributed by atoms with Crippen LogP contribution in [0.25, 0.3) is 5.69 Å². The molecule has 3 heterocycles. The Morgan fingerprint density at radius 1 is 1.09 bits per heavy atom. The molecule has 0 spiro atoms. The first-order chi connectivity index (χ1) is 15.6. The zero-order chi connectivity index (χ0) is 22.1. The Bertz CT molecular complexity index is 1120. The predicted octanol–water partition coefficient (Wildman–Crippen LogP) is 2.66. The summed E-state index contributed by atoms with van der Waals surface area (Å²) in [6.07, 6.45) is 0.914. The van der Waals surface area contributed by atoms with E-state index in [1.165, 1.54) is 6.07 Å². The van der Waals surface area contributed by atoms with E-state index in [0.717, 1.165) is 44.8 Å². The van der Waals surface area contributed by atoms with Gasteiger partial charge >= 0.3 is 0 Å². The summed E-state index contributed by atoms with van der Waals surface area (Å²) in [5.74, 6) is -0.347. The number of halogens is 1. The van der Waals surface area contributed by atoms with Gasteiger partial charge in [0.05, 0.1) is 17.4 Å². The molecule has 0 saturated carbocycles. The van der Waals surface area contributed by atoms with Crippen LogP contribution in [0.3, 0.4) is 0 Å². The Kier molecular flexibility index (Phi) is 5.50. The number of benzene rings is 2. The number of fused-ring (bicyclic) bond motifs is 1. The van der Waals surface area contributed by atoms with Crippen LogP contribution in [0.15, 0.2) is 48.5 Å². The van der Waals surface area contributed by atoms with Gasteiger partial charge in [-0.15, -0.1) is 0 Å². The molecule has 5 rings (SSSR count). The zero-order valence-electron chi connectivity index (χ0n) is 17.6. The quantitative estimate of drug-likeness (QED) is 0.569. The maximum atomic E-state index is 13.9. The number of piperazine rings is 1. The second-order valence-corrected chi connectivity index (χ2v) is 7.93. The van der Waals surface area contributed by atoms with Crippen LogP contribution in [0.1, 0.15) is 28.6 Å². The van der Waals surface area contributed by atoms with Crippen molar-refractivity contribution in [1.29, 1.82) is 0 Å². The van der Waals surface area contributed by atoms with Crippen LogP contribution in [-0.4, -0.2) is 53.3 Å². The van der Waals surface area contributed by atoms with Crippen LogP contribution in [0.2, 0.25) is 0 Å². The molecule has 1 amide bonds. The molecular formula is C23H25FN6O2. The van der Waals surface area contributed by atoms with Gasteiger partial charge in [0.2, 0.25) is 0 Å². The van der Waals surface area contributed by atoms with Gasteiger partial charge < -0.3 is 21.1 Å². The molecule has 2 aliphatic rings. The number of primary amides is 1. The maximum absolute atomic E-state index is 13.9. The number of nitrogens with one attached hydrogen (secondary N) is 2. The molecule has 1 saturated heterocycles. The number of carbonyl (C=O) groups excluding carboxylic acids is 1. The molecule has 0 radical (unpaired) electrons. The number of nitrogens with zero attached hydrogens (tertiary/aromatic N) is 3. The highest BCUT2D eigenvalue weighted by Gasteiger charge is 2.34. The molecular weight excluding hydrogens is 411 g/mol. The summed E-state index contributed by atoms with van der Waals surface area (Å²) in [6.45, 7) is 4.50. The average molecular weight is 436 g/mol. The van der Waals surface area contributed by atoms with E-state index in [-0.39, 0.29) is 11.8 Å². The Morgan fingerprint density at radius 2 is 1.84 bits per heavy atom. The molecule has 166 valence electrons. The molecule has 3 aromatic rings. The fourth-order valence-corrected chi connectivity index (χ4v) is 4.39. The molecule has 0 unspecified atom stereocenters. The fourth-order valence-electron chi connectivity index (χ4n) is 4.39. The molecule has 2 aliphatic heterocycles. The molecule has 4 N–H and O–H groups in total. The van der Waals surface area contributed by atoms with Crippen LogP contribution in [0.4, 0.5) is 10.1 Å². The van der Waals surface area contributed by atoms with Crippen molar-refractivity contribution in [3.8, 4) is 17.2 Å². The highest BCUT2D eigenvalue weighted by Crippen LogP contribution is 2.37. The Hall–Kier alpha value is -3.43. The van der Waals surface area contributed by atoms with Crippen molar-refractivity contribution in [2.45, 2.75) is 12.5 Å². The van der Waals surface area contributed by atoms with Gasteiger partial charge in [-0.05, 0) is 42.8 Å². The van der Waals surface area contributed by atoms with Gasteiger partial charge in [0, 0.05) is 32.7 Å². The van der Waals surface area contributed by atoms with E-state index in [2.05, 4.69) is 15.5 Å². The lowest BCUT2D eigenvalue weighted by atomic mass is 10.0. The number of carbonyl (C=O) groups is 1. The monoisotopic (exact) mass is 436 g/mol. The third-order valence-corrected chi connectivity index (χ3v) is 5.92. The van der Waals surface area contributed by atoms with Crippen LogP contribution < -0.4 is 21.1 Å². The number of hydrogen-bond acceptors (Lipinski definition) is 6. The van der Waals surface area contributed by atoms with Crippen molar-refractivity contribution in [2.75, 3.05) is 38.0 Å². The highest BCUT2D eigenvalue weighted by atomic mass is 19.1. The number of nitrogens with two attached hydrogens (primary N) is 1. The second-order valence-electron chi connectivity index (χ2n) is 7.93. The molecule has 1 aromatic heterocycles. The molecule has 8 nitrogen and oxygen atoms in total. The van der Waals surface area contributed by atoms with E-state index in [1.54, 1.807) is 47.1 Å². The van der Waals surface area contributed by atoms with E-state index in [0.29, 0.717) is 22.8 Å². The van der Waals surface area contributed by atoms with Crippen LogP contribution in [-0.2, 0) is 0 Å². The summed E-state index contributed by atoms with van der Waals surface area (Å²) in [5.41, 5.74) is 8.33. The number of amides is 1. The molecule has 9 heteroatoms. The third-order valence-electron chi connectivity index (χ3n) is 5.92. The standard InChI is InChI=1S/C23H25FN6O2/c24-17-3-1-2-4-19(17)32-16-7-5-15(6-8-16)30-22(23(25)31)21-20(28-30)18(9-10-27-21)29-13-11-26-12-14-29/h1-8,18,26-27H,9-14H2,(H2,25,31)/t18-/m1/s1. The second kappa shape index (κ2) is 8.60. The third kappa shape index (κ3) is 3.80. The number of ether oxygens (including phenoxy) is 1. The van der Waals surface area contributed by atoms with E-state index in [9.17, 15) is 9.18 Å². The summed E-state index contributed by atoms with van der Waals surface area (Å²) in [7, 11) is 0. The minimum atomic E-state index is -0.543. The zero-order valence-corrected chi connectivity index (χ0v) is 17.6. The Balaban J connectivity index is 1.47. The summed E-state index contributed by atoms with van der Waals surface area (Å²) in [5, 5.41) is 11.5. The van der Waals surface area contributed by atoms with Crippen LogP contribution in [0.5, 0.6) is 11.5 Å². The number of aromatic nitrogens is 2. The molecule has 2 aromatic carbocycles. The SMILES string of the molecule is NC(=O)c1c2c(nn1-c1ccc(Oc3ccccc3F)cc1)[C@H](N1CCNCC1)CCN2. The largest absolute Gasteiger partial charge is 0.454 e. The lowest BCUT2D eigenvalue weighted by molar-refractivity contribution is 0.0993. The molecule has 1 fully saturated rings. The van der Waals surface area contributed by atoms with Crippen molar-refractivity contribution < 1.29 is 13.9 Å². The molecule has 0 bridgehead atoms. The molecule has 32 heavy (non-hydrogen) atoms. The summed E-state index contributed by atoms with van der Waals surface area (Å²) >= 11 is 0. The van der Waals surface area contributed by atoms with Gasteiger partial charge in [0.25, 0.3) is 5.91 Å². The highest BCUT2D eigenvalue weighted by molar-refractivity contribution is 5.98. The number of hydrogen-bond donors (Lipinski definition) is 3. The van der Waals surface area contributed by atoms with Gasteiger partial charge in [-0.25, -0.2) is 9.07 Å². The van der Waals surface area contributed by atoms with Crippen LogP contribution >= 0.6 is 0 Å². The van der Waals surface area contributed by atoms with E-state index in [4.69, 9.17) is 15.6 Å². The minimum absolute atomic E-state index is 0.136. The van der Waals surface area contributed by atoms with Gasteiger partial charge in [-0.3, -0.25) is 9.69 Å². The molecule has 1 atom stereocenters. The first kappa shape index (κ1) is 20.5. The van der Waals surface area contributed by atoms with Gasteiger partial charge in [-0.1, -0.05) is 12.1 Å². The topological polar surface area (TPSA) is 97.4 Å². The van der Waals surface area contributed by atoms with Crippen molar-refractivity contribution in [3.05, 3.63) is 65.7 Å². The van der Waals surface area contributed by atoms with Gasteiger partial charge in [0.1, 0.15) is 11.4 Å². The van der Waals surface area contributed by atoms with E-state index in [1.807, 2.05) is 0 Å². The lowest BCUT2D eigenvalue weighted by Gasteiger charge is -2.36. The summed E-state index contributed by atoms with van der Waals surface area (Å²) in [4.78, 5) is 14.8. The Morgan fingerprint density at radius 3 is 2.56 bits per heavy atom. The smallest absolute Gasteiger partial charge is 0.269 e. The average Bonchev–Trinajstić information content (AvgIpc) is 3.22. The summed E-state index contributed by atoms with van der Waals surface area (Å²) in [6, 6.07) is 13.4. The fraction of sp³-hybridized carbons (Fsp3) is 0.304. The van der Waals surface area contributed by atoms with Crippen molar-refractivity contribution in [3.63, 3.8) is 0 Å². The Labute approximate surface area is 185 Å². The normalized spacial score (nSPS) is 18.6.